The van der Waals surface area contributed by atoms with Gasteiger partial charge in [0.05, 0.1) is 5.04 Å². The van der Waals surface area contributed by atoms with Crippen LogP contribution in [0.25, 0.3) is 0 Å². The molecule has 1 aliphatic rings. The fourth-order valence-corrected chi connectivity index (χ4v) is 2.96. The molecule has 0 aromatic carbocycles. The molecule has 0 aromatic heterocycles. The van der Waals surface area contributed by atoms with Gasteiger partial charge in [-0.15, -0.1) is 11.8 Å². The lowest BCUT2D eigenvalue weighted by Crippen LogP contribution is -2.17. The van der Waals surface area contributed by atoms with Gasteiger partial charge in [0.25, 0.3) is 0 Å². The van der Waals surface area contributed by atoms with Gasteiger partial charge in [0.15, 0.2) is 0 Å². The second-order valence-corrected chi connectivity index (χ2v) is 5.72. The van der Waals surface area contributed by atoms with Crippen LogP contribution in [-0.2, 0) is 0 Å². The van der Waals surface area contributed by atoms with Gasteiger partial charge in [-0.25, -0.2) is 0 Å². The molecule has 1 heterocycles. The molecule has 2 atom stereocenters. The minimum absolute atomic E-state index is 0.572. The van der Waals surface area contributed by atoms with E-state index in [9.17, 15) is 0 Å². The zero-order valence-corrected chi connectivity index (χ0v) is 10.4. The van der Waals surface area contributed by atoms with Crippen LogP contribution in [0.3, 0.4) is 0 Å². The number of thioether (sulfide) groups is 1. The number of aliphatic imine (C=N–C) groups is 1. The highest BCUT2D eigenvalue weighted by Crippen LogP contribution is 2.29. The van der Waals surface area contributed by atoms with Crippen molar-refractivity contribution in [2.45, 2.75) is 33.6 Å². The third-order valence-electron chi connectivity index (χ3n) is 2.70. The fraction of sp³-hybridized carbons (Fsp3) is 0.833. The van der Waals surface area contributed by atoms with E-state index in [1.807, 2.05) is 11.8 Å². The first-order valence-corrected chi connectivity index (χ1v) is 6.60. The molecule has 1 aliphatic heterocycles. The van der Waals surface area contributed by atoms with Crippen molar-refractivity contribution in [1.82, 2.24) is 0 Å². The molecule has 0 bridgehead atoms. The zero-order valence-electron chi connectivity index (χ0n) is 9.62. The van der Waals surface area contributed by atoms with Gasteiger partial charge in [-0.2, -0.15) is 0 Å². The molecule has 2 heteroatoms. The van der Waals surface area contributed by atoms with Crippen LogP contribution < -0.4 is 0 Å². The second-order valence-electron chi connectivity index (χ2n) is 4.60. The van der Waals surface area contributed by atoms with Gasteiger partial charge >= 0.3 is 0 Å². The maximum Gasteiger partial charge on any atom is 0.0710 e. The summed E-state index contributed by atoms with van der Waals surface area (Å²) in [6, 6.07) is 0. The molecule has 1 nitrogen and oxygen atoms in total. The Kier molecular flexibility index (Phi) is 5.00. The summed E-state index contributed by atoms with van der Waals surface area (Å²) in [5.41, 5.74) is 0. The van der Waals surface area contributed by atoms with Crippen molar-refractivity contribution < 1.29 is 0 Å². The topological polar surface area (TPSA) is 12.4 Å². The molecular formula is C12H22NS. The Bertz CT molecular complexity index is 196. The van der Waals surface area contributed by atoms with Crippen molar-refractivity contribution in [3.8, 4) is 0 Å². The molecule has 81 valence electrons. The lowest BCUT2D eigenvalue weighted by Gasteiger charge is -2.21. The van der Waals surface area contributed by atoms with E-state index in [1.54, 1.807) is 0 Å². The molecule has 0 spiro atoms. The quantitative estimate of drug-likeness (QED) is 0.677. The molecule has 2 unspecified atom stereocenters. The molecular weight excluding hydrogens is 190 g/mol. The van der Waals surface area contributed by atoms with Crippen LogP contribution in [-0.4, -0.2) is 17.3 Å². The van der Waals surface area contributed by atoms with E-state index < -0.39 is 0 Å². The first-order valence-electron chi connectivity index (χ1n) is 5.61. The molecule has 14 heavy (non-hydrogen) atoms. The Hall–Kier alpha value is 0.0200. The summed E-state index contributed by atoms with van der Waals surface area (Å²) in [6.45, 7) is 11.9. The molecule has 0 amide bonds. The number of rotatable bonds is 5. The maximum atomic E-state index is 4.59. The molecule has 0 aromatic rings. The Morgan fingerprint density at radius 1 is 1.36 bits per heavy atom. The molecule has 1 radical (unpaired) electrons. The summed E-state index contributed by atoms with van der Waals surface area (Å²) in [6.07, 6.45) is 2.48. The highest BCUT2D eigenvalue weighted by Gasteiger charge is 2.22. The Balaban J connectivity index is 2.46. The standard InChI is InChI=1S/C12H22NS/c1-9(2)5-6-11(10(3)4)12-13-7-8-14-12/h9-11H,1,5-8H2,2-4H3. The van der Waals surface area contributed by atoms with Gasteiger partial charge in [0.1, 0.15) is 0 Å². The van der Waals surface area contributed by atoms with Gasteiger partial charge in [-0.05, 0) is 18.3 Å². The molecule has 0 fully saturated rings. The van der Waals surface area contributed by atoms with Crippen molar-refractivity contribution in [1.29, 1.82) is 0 Å². The van der Waals surface area contributed by atoms with Gasteiger partial charge in [0, 0.05) is 18.2 Å². The van der Waals surface area contributed by atoms with E-state index in [0.29, 0.717) is 11.8 Å². The minimum Gasteiger partial charge on any atom is -0.282 e. The minimum atomic E-state index is 0.572. The van der Waals surface area contributed by atoms with Gasteiger partial charge < -0.3 is 0 Å². The molecule has 1 rings (SSSR count). The third kappa shape index (κ3) is 3.64. The Morgan fingerprint density at radius 2 is 2.07 bits per heavy atom. The summed E-state index contributed by atoms with van der Waals surface area (Å²) in [5, 5.41) is 1.40. The van der Waals surface area contributed by atoms with Gasteiger partial charge in [0.2, 0.25) is 0 Å². The third-order valence-corrected chi connectivity index (χ3v) is 3.82. The second kappa shape index (κ2) is 5.79. The highest BCUT2D eigenvalue weighted by molar-refractivity contribution is 8.14. The monoisotopic (exact) mass is 212 g/mol. The zero-order chi connectivity index (χ0) is 10.6. The summed E-state index contributed by atoms with van der Waals surface area (Å²) in [7, 11) is 0. The molecule has 0 saturated heterocycles. The molecule has 0 saturated carbocycles. The Morgan fingerprint density at radius 3 is 2.50 bits per heavy atom. The Labute approximate surface area is 92.8 Å². The van der Waals surface area contributed by atoms with Crippen LogP contribution in [0.4, 0.5) is 0 Å². The summed E-state index contributed by atoms with van der Waals surface area (Å²) < 4.78 is 0. The summed E-state index contributed by atoms with van der Waals surface area (Å²) in [5.74, 6) is 3.17. The van der Waals surface area contributed by atoms with Gasteiger partial charge in [-0.3, -0.25) is 4.99 Å². The lowest BCUT2D eigenvalue weighted by molar-refractivity contribution is 0.430. The van der Waals surface area contributed by atoms with E-state index in [1.165, 1.54) is 23.6 Å². The van der Waals surface area contributed by atoms with Gasteiger partial charge in [-0.1, -0.05) is 34.1 Å². The van der Waals surface area contributed by atoms with E-state index in [0.717, 1.165) is 12.5 Å². The van der Waals surface area contributed by atoms with Crippen molar-refractivity contribution in [3.05, 3.63) is 6.92 Å². The summed E-state index contributed by atoms with van der Waals surface area (Å²) >= 11 is 1.96. The average molecular weight is 212 g/mol. The van der Waals surface area contributed by atoms with E-state index in [-0.39, 0.29) is 0 Å². The maximum absolute atomic E-state index is 4.59. The van der Waals surface area contributed by atoms with Crippen LogP contribution in [0.5, 0.6) is 0 Å². The van der Waals surface area contributed by atoms with Crippen molar-refractivity contribution in [3.63, 3.8) is 0 Å². The van der Waals surface area contributed by atoms with Crippen molar-refractivity contribution in [2.24, 2.45) is 22.7 Å². The first-order chi connectivity index (χ1) is 6.61. The fourth-order valence-electron chi connectivity index (χ4n) is 1.78. The normalized spacial score (nSPS) is 19.1. The SMILES string of the molecule is [CH2]C(C)CCC(C1=NCCS1)C(C)C. The predicted octanol–water partition coefficient (Wildman–Crippen LogP) is 3.65. The smallest absolute Gasteiger partial charge is 0.0710 e. The van der Waals surface area contributed by atoms with E-state index >= 15 is 0 Å². The number of nitrogens with zero attached hydrogens (tertiary/aromatic N) is 1. The van der Waals surface area contributed by atoms with Crippen LogP contribution in [0, 0.1) is 24.7 Å². The largest absolute Gasteiger partial charge is 0.282 e. The highest BCUT2D eigenvalue weighted by atomic mass is 32.2. The van der Waals surface area contributed by atoms with E-state index in [4.69, 9.17) is 0 Å². The number of hydrogen-bond donors (Lipinski definition) is 0. The molecule has 0 N–H and O–H groups in total. The lowest BCUT2D eigenvalue weighted by atomic mass is 9.89. The summed E-state index contributed by atoms with van der Waals surface area (Å²) in [4.78, 5) is 4.59. The molecule has 0 aliphatic carbocycles. The predicted molar refractivity (Wildman–Crippen MR) is 66.8 cm³/mol. The average Bonchev–Trinajstić information content (AvgIpc) is 2.56. The van der Waals surface area contributed by atoms with Crippen LogP contribution in [0.15, 0.2) is 4.99 Å². The van der Waals surface area contributed by atoms with Crippen LogP contribution in [0.1, 0.15) is 33.6 Å². The first kappa shape index (κ1) is 12.1. The van der Waals surface area contributed by atoms with Crippen molar-refractivity contribution in [2.75, 3.05) is 12.3 Å². The number of hydrogen-bond acceptors (Lipinski definition) is 2. The van der Waals surface area contributed by atoms with E-state index in [2.05, 4.69) is 32.7 Å². The van der Waals surface area contributed by atoms with Crippen LogP contribution >= 0.6 is 11.8 Å². The van der Waals surface area contributed by atoms with Crippen LogP contribution in [0.2, 0.25) is 0 Å². The van der Waals surface area contributed by atoms with Crippen molar-refractivity contribution >= 4 is 16.8 Å².